The molecule has 0 aliphatic heterocycles. The summed E-state index contributed by atoms with van der Waals surface area (Å²) in [7, 11) is 1.58. The van der Waals surface area contributed by atoms with E-state index < -0.39 is 0 Å². The highest BCUT2D eigenvalue weighted by Crippen LogP contribution is 2.24. The highest BCUT2D eigenvalue weighted by molar-refractivity contribution is 5.94. The number of H-pyrrole nitrogens is 2. The molecule has 0 aliphatic carbocycles. The minimum atomic E-state index is -0.253. The number of hydrogen-bond donors (Lipinski definition) is 3. The molecule has 3 rings (SSSR count). The van der Waals surface area contributed by atoms with Gasteiger partial charge in [-0.05, 0) is 36.4 Å². The topological polar surface area (TPSA) is 87.0 Å². The maximum atomic E-state index is 11.4. The van der Waals surface area contributed by atoms with Crippen LogP contribution in [0, 0.1) is 0 Å². The summed E-state index contributed by atoms with van der Waals surface area (Å²) in [5.41, 5.74) is 1.72. The van der Waals surface area contributed by atoms with E-state index in [4.69, 9.17) is 4.74 Å². The van der Waals surface area contributed by atoms with Gasteiger partial charge in [-0.1, -0.05) is 0 Å². The van der Waals surface area contributed by atoms with E-state index in [2.05, 4.69) is 15.3 Å². The van der Waals surface area contributed by atoms with Crippen molar-refractivity contribution in [2.45, 2.75) is 0 Å². The predicted molar refractivity (Wildman–Crippen MR) is 78.8 cm³/mol. The highest BCUT2D eigenvalue weighted by atomic mass is 16.5. The Bertz CT molecular complexity index is 846. The van der Waals surface area contributed by atoms with Crippen molar-refractivity contribution in [1.29, 1.82) is 0 Å². The van der Waals surface area contributed by atoms with Crippen LogP contribution < -0.4 is 15.7 Å². The highest BCUT2D eigenvalue weighted by Gasteiger charge is 2.05. The fourth-order valence-corrected chi connectivity index (χ4v) is 2.03. The van der Waals surface area contributed by atoms with Gasteiger partial charge in [0, 0.05) is 18.7 Å². The van der Waals surface area contributed by atoms with Crippen LogP contribution >= 0.6 is 0 Å². The molecule has 0 fully saturated rings. The molecule has 0 radical (unpaired) electrons. The molecule has 6 nitrogen and oxygen atoms in total. The van der Waals surface area contributed by atoms with Gasteiger partial charge in [0.1, 0.15) is 11.5 Å². The van der Waals surface area contributed by atoms with E-state index in [9.17, 15) is 9.59 Å². The van der Waals surface area contributed by atoms with Gasteiger partial charge in [0.2, 0.25) is 0 Å². The van der Waals surface area contributed by atoms with Crippen LogP contribution in [0.1, 0.15) is 10.4 Å². The molecule has 6 heteroatoms. The third-order valence-electron chi connectivity index (χ3n) is 3.07. The van der Waals surface area contributed by atoms with E-state index in [1.807, 2.05) is 0 Å². The summed E-state index contributed by atoms with van der Waals surface area (Å²) in [5.74, 6) is 1.07. The molecule has 3 N–H and O–H groups in total. The van der Waals surface area contributed by atoms with Crippen molar-refractivity contribution in [3.05, 3.63) is 58.5 Å². The zero-order valence-corrected chi connectivity index (χ0v) is 11.3. The van der Waals surface area contributed by atoms with Gasteiger partial charge in [-0.3, -0.25) is 4.79 Å². The summed E-state index contributed by atoms with van der Waals surface area (Å²) in [6.07, 6.45) is 0. The zero-order valence-electron chi connectivity index (χ0n) is 11.3. The Labute approximate surface area is 119 Å². The first kappa shape index (κ1) is 13.0. The largest absolute Gasteiger partial charge is 0.457 e. The lowest BCUT2D eigenvalue weighted by Crippen LogP contribution is -2.17. The minimum absolute atomic E-state index is 0.145. The maximum absolute atomic E-state index is 11.4. The fourth-order valence-electron chi connectivity index (χ4n) is 2.03. The molecule has 0 unspecified atom stereocenters. The van der Waals surface area contributed by atoms with Crippen molar-refractivity contribution < 1.29 is 9.53 Å². The van der Waals surface area contributed by atoms with Crippen LogP contribution in [0.15, 0.2) is 47.3 Å². The number of ether oxygens (including phenoxy) is 1. The first-order chi connectivity index (χ1) is 10.2. The molecular weight excluding hydrogens is 270 g/mol. The van der Waals surface area contributed by atoms with Crippen molar-refractivity contribution in [2.24, 2.45) is 0 Å². The molecular formula is C15H13N3O3. The maximum Gasteiger partial charge on any atom is 0.323 e. The third kappa shape index (κ3) is 2.64. The number of aromatic amines is 2. The van der Waals surface area contributed by atoms with Gasteiger partial charge in [0.05, 0.1) is 11.0 Å². The standard InChI is InChI=1S/C15H13N3O3/c1-16-14(19)9-2-4-10(5-3-9)21-11-6-7-12-13(8-11)18-15(20)17-12/h2-8H,1H3,(H,16,19)(H2,17,18,20). The summed E-state index contributed by atoms with van der Waals surface area (Å²) in [4.78, 5) is 28.0. The van der Waals surface area contributed by atoms with E-state index in [0.717, 1.165) is 5.52 Å². The van der Waals surface area contributed by atoms with Crippen molar-refractivity contribution >= 4 is 16.9 Å². The quantitative estimate of drug-likeness (QED) is 0.687. The van der Waals surface area contributed by atoms with Gasteiger partial charge in [-0.25, -0.2) is 4.79 Å². The normalized spacial score (nSPS) is 10.5. The summed E-state index contributed by atoms with van der Waals surface area (Å²) >= 11 is 0. The number of amides is 1. The molecule has 21 heavy (non-hydrogen) atoms. The number of fused-ring (bicyclic) bond motifs is 1. The van der Waals surface area contributed by atoms with Crippen molar-refractivity contribution in [1.82, 2.24) is 15.3 Å². The van der Waals surface area contributed by atoms with Crippen molar-refractivity contribution in [2.75, 3.05) is 7.05 Å². The number of carbonyl (C=O) groups excluding carboxylic acids is 1. The molecule has 3 aromatic rings. The lowest BCUT2D eigenvalue weighted by Gasteiger charge is -2.06. The van der Waals surface area contributed by atoms with Crippen LogP contribution in [-0.2, 0) is 0 Å². The second-order valence-corrected chi connectivity index (χ2v) is 4.49. The van der Waals surface area contributed by atoms with E-state index in [0.29, 0.717) is 22.6 Å². The van der Waals surface area contributed by atoms with Gasteiger partial charge in [0.25, 0.3) is 5.91 Å². The van der Waals surface area contributed by atoms with E-state index in [1.165, 1.54) is 0 Å². The first-order valence-corrected chi connectivity index (χ1v) is 6.38. The fraction of sp³-hybridized carbons (Fsp3) is 0.0667. The molecule has 0 aliphatic rings. The zero-order chi connectivity index (χ0) is 14.8. The van der Waals surface area contributed by atoms with Gasteiger partial charge < -0.3 is 20.0 Å². The molecule has 1 aromatic heterocycles. The average molecular weight is 283 g/mol. The lowest BCUT2D eigenvalue weighted by atomic mass is 10.2. The number of imidazole rings is 1. The minimum Gasteiger partial charge on any atom is -0.457 e. The SMILES string of the molecule is CNC(=O)c1ccc(Oc2ccc3[nH]c(=O)[nH]c3c2)cc1. The lowest BCUT2D eigenvalue weighted by molar-refractivity contribution is 0.0963. The van der Waals surface area contributed by atoms with E-state index in [-0.39, 0.29) is 11.6 Å². The van der Waals surface area contributed by atoms with Crippen LogP contribution in [0.25, 0.3) is 11.0 Å². The number of hydrogen-bond acceptors (Lipinski definition) is 3. The monoisotopic (exact) mass is 283 g/mol. The Morgan fingerprint density at radius 1 is 1.00 bits per heavy atom. The van der Waals surface area contributed by atoms with Crippen molar-refractivity contribution in [3.8, 4) is 11.5 Å². The Morgan fingerprint density at radius 2 is 1.67 bits per heavy atom. The molecule has 0 spiro atoms. The smallest absolute Gasteiger partial charge is 0.323 e. The van der Waals surface area contributed by atoms with Gasteiger partial charge in [-0.2, -0.15) is 0 Å². The number of rotatable bonds is 3. The van der Waals surface area contributed by atoms with Gasteiger partial charge >= 0.3 is 5.69 Å². The summed E-state index contributed by atoms with van der Waals surface area (Å²) in [6, 6.07) is 12.1. The van der Waals surface area contributed by atoms with Crippen LogP contribution in [-0.4, -0.2) is 22.9 Å². The van der Waals surface area contributed by atoms with Crippen LogP contribution in [0.5, 0.6) is 11.5 Å². The number of aromatic nitrogens is 2. The average Bonchev–Trinajstić information content (AvgIpc) is 2.86. The predicted octanol–water partition coefficient (Wildman–Crippen LogP) is 2.01. The molecule has 1 amide bonds. The Hall–Kier alpha value is -3.02. The Kier molecular flexibility index (Phi) is 3.19. The van der Waals surface area contributed by atoms with Crippen LogP contribution in [0.3, 0.4) is 0 Å². The van der Waals surface area contributed by atoms with Crippen LogP contribution in [0.4, 0.5) is 0 Å². The van der Waals surface area contributed by atoms with Crippen molar-refractivity contribution in [3.63, 3.8) is 0 Å². The molecule has 106 valence electrons. The summed E-state index contributed by atoms with van der Waals surface area (Å²) in [5, 5.41) is 2.56. The third-order valence-corrected chi connectivity index (χ3v) is 3.07. The van der Waals surface area contributed by atoms with Gasteiger partial charge in [0.15, 0.2) is 0 Å². The van der Waals surface area contributed by atoms with Gasteiger partial charge in [-0.15, -0.1) is 0 Å². The summed E-state index contributed by atoms with van der Waals surface area (Å²) < 4.78 is 5.70. The first-order valence-electron chi connectivity index (χ1n) is 6.38. The second-order valence-electron chi connectivity index (χ2n) is 4.49. The number of benzene rings is 2. The molecule has 0 bridgehead atoms. The summed E-state index contributed by atoms with van der Waals surface area (Å²) in [6.45, 7) is 0. The molecule has 2 aromatic carbocycles. The molecule has 0 atom stereocenters. The van der Waals surface area contributed by atoms with E-state index in [1.54, 1.807) is 49.5 Å². The Morgan fingerprint density at radius 3 is 2.38 bits per heavy atom. The van der Waals surface area contributed by atoms with E-state index >= 15 is 0 Å². The molecule has 1 heterocycles. The number of nitrogens with one attached hydrogen (secondary N) is 3. The van der Waals surface area contributed by atoms with Crippen LogP contribution in [0.2, 0.25) is 0 Å². The molecule has 0 saturated heterocycles. The number of carbonyl (C=O) groups is 1. The second kappa shape index (κ2) is 5.16. The Balaban J connectivity index is 1.84. The molecule has 0 saturated carbocycles.